The van der Waals surface area contributed by atoms with E-state index >= 15 is 0 Å². The third-order valence-corrected chi connectivity index (χ3v) is 3.42. The van der Waals surface area contributed by atoms with Gasteiger partial charge >= 0.3 is 0 Å². The first kappa shape index (κ1) is 13.5. The monoisotopic (exact) mass is 295 g/mol. The largest absolute Gasteiger partial charge is 0.456 e. The number of hydrogen-bond acceptors (Lipinski definition) is 2. The van der Waals surface area contributed by atoms with Gasteiger partial charge in [-0.2, -0.15) is 0 Å². The lowest BCUT2D eigenvalue weighted by Crippen LogP contribution is -1.89. The molecule has 0 amide bonds. The maximum atomic E-state index is 6.31. The van der Waals surface area contributed by atoms with E-state index in [0.29, 0.717) is 22.2 Å². The molecule has 0 aliphatic rings. The van der Waals surface area contributed by atoms with Crippen LogP contribution in [0.15, 0.2) is 72.8 Å². The van der Waals surface area contributed by atoms with Crippen molar-refractivity contribution in [2.24, 2.45) is 0 Å². The van der Waals surface area contributed by atoms with E-state index in [4.69, 9.17) is 22.1 Å². The molecule has 3 aromatic rings. The molecular formula is C18H14ClNO. The number of rotatable bonds is 3. The molecular weight excluding hydrogens is 282 g/mol. The maximum Gasteiger partial charge on any atom is 0.146 e. The van der Waals surface area contributed by atoms with Crippen LogP contribution in [0, 0.1) is 0 Å². The van der Waals surface area contributed by atoms with Crippen molar-refractivity contribution in [2.75, 3.05) is 5.73 Å². The second-order valence-electron chi connectivity index (χ2n) is 4.69. The highest BCUT2D eigenvalue weighted by Gasteiger charge is 2.06. The van der Waals surface area contributed by atoms with Crippen molar-refractivity contribution in [2.45, 2.75) is 0 Å². The number of hydrogen-bond donors (Lipinski definition) is 1. The molecule has 104 valence electrons. The topological polar surface area (TPSA) is 35.2 Å². The van der Waals surface area contributed by atoms with Crippen LogP contribution < -0.4 is 10.5 Å². The van der Waals surface area contributed by atoms with E-state index in [0.717, 1.165) is 11.1 Å². The van der Waals surface area contributed by atoms with E-state index in [1.54, 1.807) is 6.07 Å². The highest BCUT2D eigenvalue weighted by Crippen LogP contribution is 2.33. The first-order chi connectivity index (χ1) is 10.2. The predicted octanol–water partition coefficient (Wildman–Crippen LogP) is 5.38. The summed E-state index contributed by atoms with van der Waals surface area (Å²) >= 11 is 6.31. The van der Waals surface area contributed by atoms with Crippen LogP contribution in [0.25, 0.3) is 11.1 Å². The molecule has 0 saturated carbocycles. The Kier molecular flexibility index (Phi) is 3.80. The highest BCUT2D eigenvalue weighted by molar-refractivity contribution is 6.32. The van der Waals surface area contributed by atoms with Gasteiger partial charge in [0, 0.05) is 11.8 Å². The Morgan fingerprint density at radius 3 is 2.29 bits per heavy atom. The summed E-state index contributed by atoms with van der Waals surface area (Å²) in [6.07, 6.45) is 0. The van der Waals surface area contributed by atoms with E-state index in [1.165, 1.54) is 0 Å². The zero-order valence-corrected chi connectivity index (χ0v) is 12.0. The first-order valence-electron chi connectivity index (χ1n) is 6.61. The maximum absolute atomic E-state index is 6.31. The predicted molar refractivity (Wildman–Crippen MR) is 87.8 cm³/mol. The zero-order chi connectivity index (χ0) is 14.7. The Balaban J connectivity index is 1.88. The van der Waals surface area contributed by atoms with Crippen molar-refractivity contribution in [1.29, 1.82) is 0 Å². The number of halogens is 1. The molecule has 2 nitrogen and oxygen atoms in total. The fourth-order valence-corrected chi connectivity index (χ4v) is 2.32. The number of ether oxygens (including phenoxy) is 1. The summed E-state index contributed by atoms with van der Waals surface area (Å²) in [6, 6.07) is 23.1. The Labute approximate surface area is 128 Å². The van der Waals surface area contributed by atoms with E-state index in [1.807, 2.05) is 66.7 Å². The minimum Gasteiger partial charge on any atom is -0.456 e. The molecule has 0 spiro atoms. The summed E-state index contributed by atoms with van der Waals surface area (Å²) in [6.45, 7) is 0. The number of nitrogen functional groups attached to an aromatic ring is 1. The molecule has 2 N–H and O–H groups in total. The average Bonchev–Trinajstić information content (AvgIpc) is 2.50. The Morgan fingerprint density at radius 1 is 0.762 bits per heavy atom. The highest BCUT2D eigenvalue weighted by atomic mass is 35.5. The minimum absolute atomic E-state index is 0.568. The molecule has 0 aliphatic carbocycles. The van der Waals surface area contributed by atoms with Crippen LogP contribution in [0.4, 0.5) is 5.69 Å². The molecule has 0 unspecified atom stereocenters. The molecule has 21 heavy (non-hydrogen) atoms. The average molecular weight is 296 g/mol. The fraction of sp³-hybridized carbons (Fsp3) is 0. The molecule has 3 aromatic carbocycles. The van der Waals surface area contributed by atoms with Gasteiger partial charge in [0.25, 0.3) is 0 Å². The SMILES string of the molecule is Nc1cccc(Oc2ccc(-c3ccccc3)cc2Cl)c1. The quantitative estimate of drug-likeness (QED) is 0.658. The molecule has 3 rings (SSSR count). The number of benzene rings is 3. The Hall–Kier alpha value is -2.45. The summed E-state index contributed by atoms with van der Waals surface area (Å²) in [5.41, 5.74) is 8.57. The van der Waals surface area contributed by atoms with Crippen molar-refractivity contribution in [3.05, 3.63) is 77.8 Å². The van der Waals surface area contributed by atoms with Gasteiger partial charge in [0.05, 0.1) is 5.02 Å². The van der Waals surface area contributed by atoms with Crippen LogP contribution in [0.3, 0.4) is 0 Å². The van der Waals surface area contributed by atoms with Gasteiger partial charge in [0.15, 0.2) is 0 Å². The third kappa shape index (κ3) is 3.18. The van der Waals surface area contributed by atoms with E-state index in [2.05, 4.69) is 0 Å². The molecule has 3 heteroatoms. The number of anilines is 1. The van der Waals surface area contributed by atoms with Crippen LogP contribution in [0.5, 0.6) is 11.5 Å². The van der Waals surface area contributed by atoms with E-state index < -0.39 is 0 Å². The molecule has 0 atom stereocenters. The van der Waals surface area contributed by atoms with Gasteiger partial charge in [-0.05, 0) is 35.4 Å². The summed E-state index contributed by atoms with van der Waals surface area (Å²) in [5, 5.41) is 0.568. The van der Waals surface area contributed by atoms with Gasteiger partial charge in [-0.15, -0.1) is 0 Å². The second-order valence-corrected chi connectivity index (χ2v) is 5.09. The lowest BCUT2D eigenvalue weighted by molar-refractivity contribution is 0.483. The van der Waals surface area contributed by atoms with Gasteiger partial charge in [-0.3, -0.25) is 0 Å². The standard InChI is InChI=1S/C18H14ClNO/c19-17-11-14(13-5-2-1-3-6-13)9-10-18(17)21-16-8-4-7-15(20)12-16/h1-12H,20H2. The third-order valence-electron chi connectivity index (χ3n) is 3.12. The molecule has 0 bridgehead atoms. The fourth-order valence-electron chi connectivity index (χ4n) is 2.10. The molecule has 0 heterocycles. The van der Waals surface area contributed by atoms with Crippen LogP contribution in [-0.2, 0) is 0 Å². The van der Waals surface area contributed by atoms with Crippen LogP contribution >= 0.6 is 11.6 Å². The Bertz CT molecular complexity index is 756. The van der Waals surface area contributed by atoms with Crippen molar-refractivity contribution < 1.29 is 4.74 Å². The summed E-state index contributed by atoms with van der Waals surface area (Å²) in [7, 11) is 0. The lowest BCUT2D eigenvalue weighted by atomic mass is 10.1. The lowest BCUT2D eigenvalue weighted by Gasteiger charge is -2.10. The second kappa shape index (κ2) is 5.90. The number of nitrogens with two attached hydrogens (primary N) is 1. The van der Waals surface area contributed by atoms with Crippen LogP contribution in [-0.4, -0.2) is 0 Å². The van der Waals surface area contributed by atoms with Gasteiger partial charge < -0.3 is 10.5 Å². The summed E-state index contributed by atoms with van der Waals surface area (Å²) < 4.78 is 5.77. The van der Waals surface area contributed by atoms with Gasteiger partial charge in [0.2, 0.25) is 0 Å². The molecule has 0 aliphatic heterocycles. The van der Waals surface area contributed by atoms with E-state index in [-0.39, 0.29) is 0 Å². The minimum atomic E-state index is 0.568. The van der Waals surface area contributed by atoms with Gasteiger partial charge in [-0.1, -0.05) is 54.1 Å². The molecule has 0 fully saturated rings. The van der Waals surface area contributed by atoms with Crippen molar-refractivity contribution in [3.63, 3.8) is 0 Å². The zero-order valence-electron chi connectivity index (χ0n) is 11.3. The van der Waals surface area contributed by atoms with E-state index in [9.17, 15) is 0 Å². The smallest absolute Gasteiger partial charge is 0.146 e. The van der Waals surface area contributed by atoms with Crippen LogP contribution in [0.1, 0.15) is 0 Å². The van der Waals surface area contributed by atoms with Crippen LogP contribution in [0.2, 0.25) is 5.02 Å². The van der Waals surface area contributed by atoms with Gasteiger partial charge in [-0.25, -0.2) is 0 Å². The molecule has 0 aromatic heterocycles. The van der Waals surface area contributed by atoms with Gasteiger partial charge in [0.1, 0.15) is 11.5 Å². The molecule has 0 saturated heterocycles. The van der Waals surface area contributed by atoms with Crippen molar-refractivity contribution in [3.8, 4) is 22.6 Å². The Morgan fingerprint density at radius 2 is 1.57 bits per heavy atom. The molecule has 0 radical (unpaired) electrons. The summed E-state index contributed by atoms with van der Waals surface area (Å²) in [5.74, 6) is 1.28. The van der Waals surface area contributed by atoms with Crippen molar-refractivity contribution >= 4 is 17.3 Å². The van der Waals surface area contributed by atoms with Crippen molar-refractivity contribution in [1.82, 2.24) is 0 Å². The normalized spacial score (nSPS) is 10.3. The summed E-state index contributed by atoms with van der Waals surface area (Å²) in [4.78, 5) is 0. The first-order valence-corrected chi connectivity index (χ1v) is 6.98.